The van der Waals surface area contributed by atoms with Gasteiger partial charge >= 0.3 is 11.9 Å². The molecule has 0 atom stereocenters. The average molecular weight is 235 g/mol. The van der Waals surface area contributed by atoms with Gasteiger partial charge in [0.25, 0.3) is 0 Å². The second-order valence-corrected chi connectivity index (χ2v) is 4.15. The number of ether oxygens (including phenoxy) is 1. The largest absolute Gasteiger partial charge is 0.481 e. The van der Waals surface area contributed by atoms with Crippen molar-refractivity contribution >= 4 is 17.6 Å². The fraction of sp³-hybridized carbons (Fsp3) is 0.333. The van der Waals surface area contributed by atoms with E-state index in [2.05, 4.69) is 4.74 Å². The molecule has 5 nitrogen and oxygen atoms in total. The second kappa shape index (κ2) is 3.76. The van der Waals surface area contributed by atoms with Crippen molar-refractivity contribution in [1.29, 1.82) is 0 Å². The highest BCUT2D eigenvalue weighted by Gasteiger charge is 2.53. The summed E-state index contributed by atoms with van der Waals surface area (Å²) in [6, 6.07) is 4.84. The summed E-state index contributed by atoms with van der Waals surface area (Å²) in [5.41, 5.74) is 5.65. The van der Waals surface area contributed by atoms with Crippen LogP contribution in [-0.4, -0.2) is 24.2 Å². The van der Waals surface area contributed by atoms with Crippen LogP contribution in [0, 0.1) is 0 Å². The van der Waals surface area contributed by atoms with Crippen molar-refractivity contribution in [1.82, 2.24) is 0 Å². The second-order valence-electron chi connectivity index (χ2n) is 4.15. The van der Waals surface area contributed by atoms with Gasteiger partial charge in [-0.1, -0.05) is 12.1 Å². The molecule has 1 fully saturated rings. The molecule has 90 valence electrons. The minimum Gasteiger partial charge on any atom is -0.481 e. The van der Waals surface area contributed by atoms with Crippen molar-refractivity contribution in [3.63, 3.8) is 0 Å². The van der Waals surface area contributed by atoms with E-state index in [0.29, 0.717) is 18.4 Å². The average Bonchev–Trinajstić information content (AvgIpc) is 3.09. The Bertz CT molecular complexity index is 491. The molecule has 2 rings (SSSR count). The molecule has 0 amide bonds. The Hall–Kier alpha value is -2.04. The number of rotatable bonds is 3. The maximum atomic E-state index is 11.7. The summed E-state index contributed by atoms with van der Waals surface area (Å²) in [4.78, 5) is 22.9. The summed E-state index contributed by atoms with van der Waals surface area (Å²) < 4.78 is 4.65. The topological polar surface area (TPSA) is 89.6 Å². The molecular weight excluding hydrogens is 222 g/mol. The number of aliphatic carboxylic acids is 1. The van der Waals surface area contributed by atoms with Gasteiger partial charge in [-0.3, -0.25) is 4.79 Å². The van der Waals surface area contributed by atoms with Crippen molar-refractivity contribution in [2.45, 2.75) is 18.3 Å². The Kier molecular flexibility index (Phi) is 2.53. The van der Waals surface area contributed by atoms with Crippen molar-refractivity contribution in [2.75, 3.05) is 12.8 Å². The van der Waals surface area contributed by atoms with Gasteiger partial charge in [0.1, 0.15) is 0 Å². The normalized spacial score (nSPS) is 16.3. The van der Waals surface area contributed by atoms with E-state index in [4.69, 9.17) is 5.73 Å². The smallest absolute Gasteiger partial charge is 0.340 e. The van der Waals surface area contributed by atoms with Crippen LogP contribution in [-0.2, 0) is 14.9 Å². The van der Waals surface area contributed by atoms with Crippen molar-refractivity contribution in [3.8, 4) is 0 Å². The summed E-state index contributed by atoms with van der Waals surface area (Å²) in [6.45, 7) is 0. The summed E-state index contributed by atoms with van der Waals surface area (Å²) in [5.74, 6) is -1.51. The van der Waals surface area contributed by atoms with Gasteiger partial charge < -0.3 is 15.6 Å². The number of anilines is 1. The fourth-order valence-electron chi connectivity index (χ4n) is 2.02. The molecule has 0 saturated heterocycles. The molecule has 5 heteroatoms. The van der Waals surface area contributed by atoms with Crippen molar-refractivity contribution in [2.24, 2.45) is 0 Å². The Balaban J connectivity index is 2.59. The predicted molar refractivity (Wildman–Crippen MR) is 60.7 cm³/mol. The molecule has 0 unspecified atom stereocenters. The zero-order chi connectivity index (χ0) is 12.6. The van der Waals surface area contributed by atoms with Crippen LogP contribution >= 0.6 is 0 Å². The lowest BCUT2D eigenvalue weighted by molar-refractivity contribution is -0.140. The lowest BCUT2D eigenvalue weighted by atomic mass is 9.90. The van der Waals surface area contributed by atoms with Gasteiger partial charge in [-0.05, 0) is 24.5 Å². The van der Waals surface area contributed by atoms with Crippen LogP contribution in [0.2, 0.25) is 0 Å². The lowest BCUT2D eigenvalue weighted by Gasteiger charge is -2.15. The number of carboxylic acid groups (broad SMARTS) is 1. The summed E-state index contributed by atoms with van der Waals surface area (Å²) in [5, 5.41) is 9.23. The number of hydrogen-bond acceptors (Lipinski definition) is 4. The van der Waals surface area contributed by atoms with Gasteiger partial charge in [-0.2, -0.15) is 0 Å². The van der Waals surface area contributed by atoms with Gasteiger partial charge in [-0.25, -0.2) is 4.79 Å². The highest BCUT2D eigenvalue weighted by Crippen LogP contribution is 2.50. The van der Waals surface area contributed by atoms with Crippen LogP contribution in [0.5, 0.6) is 0 Å². The molecule has 3 N–H and O–H groups in total. The molecule has 17 heavy (non-hydrogen) atoms. The maximum Gasteiger partial charge on any atom is 0.340 e. The van der Waals surface area contributed by atoms with Crippen LogP contribution in [0.1, 0.15) is 28.8 Å². The summed E-state index contributed by atoms with van der Waals surface area (Å²) in [6.07, 6.45) is 1.05. The molecule has 0 bridgehead atoms. The molecule has 0 spiro atoms. The molecule has 0 aromatic heterocycles. The first-order valence-electron chi connectivity index (χ1n) is 5.23. The molecule has 0 radical (unpaired) electrons. The Morgan fingerprint density at radius 1 is 1.41 bits per heavy atom. The van der Waals surface area contributed by atoms with E-state index in [-0.39, 0.29) is 11.3 Å². The Morgan fingerprint density at radius 2 is 2.06 bits per heavy atom. The van der Waals surface area contributed by atoms with Gasteiger partial charge in [0.15, 0.2) is 0 Å². The highest BCUT2D eigenvalue weighted by atomic mass is 16.5. The van der Waals surface area contributed by atoms with Crippen LogP contribution in [0.3, 0.4) is 0 Å². The van der Waals surface area contributed by atoms with E-state index in [1.54, 1.807) is 18.2 Å². The number of benzene rings is 1. The number of nitrogen functional groups attached to an aromatic ring is 1. The summed E-state index contributed by atoms with van der Waals surface area (Å²) in [7, 11) is 1.25. The van der Waals surface area contributed by atoms with E-state index >= 15 is 0 Å². The minimum atomic E-state index is -0.959. The summed E-state index contributed by atoms with van der Waals surface area (Å²) >= 11 is 0. The monoisotopic (exact) mass is 235 g/mol. The van der Waals surface area contributed by atoms with Crippen LogP contribution < -0.4 is 5.73 Å². The zero-order valence-electron chi connectivity index (χ0n) is 9.40. The van der Waals surface area contributed by atoms with Gasteiger partial charge in [-0.15, -0.1) is 0 Å². The van der Waals surface area contributed by atoms with Crippen molar-refractivity contribution < 1.29 is 19.4 Å². The van der Waals surface area contributed by atoms with Crippen LogP contribution in [0.25, 0.3) is 0 Å². The van der Waals surface area contributed by atoms with E-state index in [1.807, 2.05) is 0 Å². The van der Waals surface area contributed by atoms with Crippen molar-refractivity contribution in [3.05, 3.63) is 29.3 Å². The molecule has 1 aliphatic rings. The number of hydrogen-bond donors (Lipinski definition) is 2. The number of esters is 1. The number of nitrogens with two attached hydrogens (primary N) is 1. The predicted octanol–water partition coefficient (Wildman–Crippen LogP) is 1.17. The van der Waals surface area contributed by atoms with Gasteiger partial charge in [0.05, 0.1) is 18.1 Å². The highest BCUT2D eigenvalue weighted by molar-refractivity contribution is 6.00. The number of carbonyl (C=O) groups excluding carboxylic acids is 1. The van der Waals surface area contributed by atoms with Crippen LogP contribution in [0.15, 0.2) is 18.2 Å². The quantitative estimate of drug-likeness (QED) is 0.606. The van der Waals surface area contributed by atoms with Gasteiger partial charge in [0.2, 0.25) is 0 Å². The number of carboxylic acids is 1. The third-order valence-electron chi connectivity index (χ3n) is 3.16. The van der Waals surface area contributed by atoms with Crippen LogP contribution in [0.4, 0.5) is 5.69 Å². The molecule has 0 aliphatic heterocycles. The third-order valence-corrected chi connectivity index (χ3v) is 3.16. The third kappa shape index (κ3) is 1.63. The lowest BCUT2D eigenvalue weighted by Crippen LogP contribution is -2.23. The molecule has 1 aromatic rings. The minimum absolute atomic E-state index is 0.176. The fourth-order valence-corrected chi connectivity index (χ4v) is 2.02. The first-order valence-corrected chi connectivity index (χ1v) is 5.23. The zero-order valence-corrected chi connectivity index (χ0v) is 9.40. The van der Waals surface area contributed by atoms with E-state index in [1.165, 1.54) is 7.11 Å². The number of carbonyl (C=O) groups is 2. The van der Waals surface area contributed by atoms with E-state index < -0.39 is 17.4 Å². The standard InChI is InChI=1S/C12H13NO4/c1-17-10(14)9-7(3-2-4-8(9)13)12(5-6-12)11(15)16/h2-4H,5-6,13H2,1H3,(H,15,16). The Morgan fingerprint density at radius 3 is 2.53 bits per heavy atom. The maximum absolute atomic E-state index is 11.7. The molecule has 1 aromatic carbocycles. The van der Waals surface area contributed by atoms with Gasteiger partial charge in [0, 0.05) is 5.69 Å². The van der Waals surface area contributed by atoms with E-state index in [9.17, 15) is 14.7 Å². The first-order chi connectivity index (χ1) is 8.03. The first kappa shape index (κ1) is 11.4. The molecule has 1 saturated carbocycles. The van der Waals surface area contributed by atoms with E-state index in [0.717, 1.165) is 0 Å². The molecular formula is C12H13NO4. The molecule has 0 heterocycles. The molecule has 1 aliphatic carbocycles. The Labute approximate surface area is 98.2 Å². The SMILES string of the molecule is COC(=O)c1c(N)cccc1C1(C(=O)O)CC1. The number of methoxy groups -OCH3 is 1.